The molecule has 2 N–H and O–H groups in total. The Balaban J connectivity index is 1.47. The number of carbonyl (C=O) groups is 1. The van der Waals surface area contributed by atoms with E-state index in [4.69, 9.17) is 28.2 Å². The van der Waals surface area contributed by atoms with E-state index in [9.17, 15) is 4.79 Å². The van der Waals surface area contributed by atoms with Crippen LogP contribution in [0.5, 0.6) is 0 Å². The predicted octanol–water partition coefficient (Wildman–Crippen LogP) is 6.74. The van der Waals surface area contributed by atoms with Crippen molar-refractivity contribution in [1.29, 1.82) is 0 Å². The SMILES string of the molecule is O=C(NCc1ccc(Cl)c(Cl)c1)c1cc2c([nH]c3ccccc32)c(CCc2ccccc2)n1. The zero-order valence-corrected chi connectivity index (χ0v) is 19.3. The number of para-hydroxylation sites is 1. The van der Waals surface area contributed by atoms with Crippen molar-refractivity contribution in [2.45, 2.75) is 19.4 Å². The monoisotopic (exact) mass is 473 g/mol. The number of aromatic amines is 1. The predicted molar refractivity (Wildman–Crippen MR) is 135 cm³/mol. The third-order valence-corrected chi connectivity index (χ3v) is 6.47. The number of fused-ring (bicyclic) bond motifs is 3. The van der Waals surface area contributed by atoms with E-state index in [0.29, 0.717) is 22.3 Å². The molecule has 0 unspecified atom stereocenters. The minimum Gasteiger partial charge on any atom is -0.353 e. The van der Waals surface area contributed by atoms with Crippen LogP contribution >= 0.6 is 23.2 Å². The average molecular weight is 474 g/mol. The second kappa shape index (κ2) is 9.26. The maximum Gasteiger partial charge on any atom is 0.270 e. The van der Waals surface area contributed by atoms with Gasteiger partial charge in [-0.15, -0.1) is 0 Å². The van der Waals surface area contributed by atoms with Crippen molar-refractivity contribution in [2.75, 3.05) is 0 Å². The maximum atomic E-state index is 13.1. The molecule has 0 aliphatic carbocycles. The van der Waals surface area contributed by atoms with Crippen molar-refractivity contribution in [3.8, 4) is 0 Å². The number of benzene rings is 3. The summed E-state index contributed by atoms with van der Waals surface area (Å²) in [5, 5.41) is 5.99. The van der Waals surface area contributed by atoms with Crippen LogP contribution in [-0.4, -0.2) is 15.9 Å². The smallest absolute Gasteiger partial charge is 0.270 e. The number of aromatic nitrogens is 2. The number of amides is 1. The molecule has 1 amide bonds. The van der Waals surface area contributed by atoms with E-state index in [-0.39, 0.29) is 5.91 Å². The molecule has 164 valence electrons. The molecule has 0 bridgehead atoms. The molecular weight excluding hydrogens is 453 g/mol. The van der Waals surface area contributed by atoms with Crippen LogP contribution in [0.2, 0.25) is 10.0 Å². The number of rotatable bonds is 6. The quantitative estimate of drug-likeness (QED) is 0.286. The van der Waals surface area contributed by atoms with Crippen molar-refractivity contribution >= 4 is 50.9 Å². The number of H-pyrrole nitrogens is 1. The van der Waals surface area contributed by atoms with Gasteiger partial charge in [0.05, 0.1) is 21.3 Å². The third-order valence-electron chi connectivity index (χ3n) is 5.73. The lowest BCUT2D eigenvalue weighted by molar-refractivity contribution is 0.0946. The van der Waals surface area contributed by atoms with Crippen LogP contribution in [0.25, 0.3) is 21.8 Å². The minimum absolute atomic E-state index is 0.228. The zero-order chi connectivity index (χ0) is 22.8. The van der Waals surface area contributed by atoms with Crippen molar-refractivity contribution in [3.63, 3.8) is 0 Å². The fourth-order valence-corrected chi connectivity index (χ4v) is 4.36. The summed E-state index contributed by atoms with van der Waals surface area (Å²) in [6.07, 6.45) is 1.56. The molecule has 6 heteroatoms. The molecule has 0 saturated heterocycles. The van der Waals surface area contributed by atoms with Gasteiger partial charge >= 0.3 is 0 Å². The number of aryl methyl sites for hydroxylation is 2. The Morgan fingerprint density at radius 3 is 2.42 bits per heavy atom. The van der Waals surface area contributed by atoms with Gasteiger partial charge in [-0.1, -0.05) is 77.8 Å². The van der Waals surface area contributed by atoms with Crippen molar-refractivity contribution in [3.05, 3.63) is 111 Å². The van der Waals surface area contributed by atoms with Crippen LogP contribution < -0.4 is 5.32 Å². The Hall–Kier alpha value is -3.34. The fraction of sp³-hybridized carbons (Fsp3) is 0.111. The van der Waals surface area contributed by atoms with Crippen LogP contribution in [0.3, 0.4) is 0 Å². The van der Waals surface area contributed by atoms with E-state index in [1.54, 1.807) is 12.1 Å². The van der Waals surface area contributed by atoms with Crippen LogP contribution in [0.15, 0.2) is 78.9 Å². The zero-order valence-electron chi connectivity index (χ0n) is 17.7. The first-order chi connectivity index (χ1) is 16.1. The van der Waals surface area contributed by atoms with Gasteiger partial charge in [0.2, 0.25) is 0 Å². The summed E-state index contributed by atoms with van der Waals surface area (Å²) in [5.74, 6) is -0.228. The lowest BCUT2D eigenvalue weighted by atomic mass is 10.1. The number of hydrogen-bond donors (Lipinski definition) is 2. The van der Waals surface area contributed by atoms with Gasteiger partial charge in [0, 0.05) is 22.8 Å². The standard InChI is InChI=1S/C27H21Cl2N3O/c28-21-12-10-18(14-22(21)29)16-30-27(33)25-15-20-19-8-4-5-9-23(19)32-26(20)24(31-25)13-11-17-6-2-1-3-7-17/h1-10,12,14-15,32H,11,13,16H2,(H,30,33). The van der Waals surface area contributed by atoms with Gasteiger partial charge in [0.15, 0.2) is 0 Å². The Kier molecular flexibility index (Phi) is 6.03. The number of nitrogens with one attached hydrogen (secondary N) is 2. The average Bonchev–Trinajstić information content (AvgIpc) is 3.22. The summed E-state index contributed by atoms with van der Waals surface area (Å²) < 4.78 is 0. The van der Waals surface area contributed by atoms with E-state index in [2.05, 4.69) is 28.5 Å². The molecule has 0 aliphatic heterocycles. The van der Waals surface area contributed by atoms with E-state index >= 15 is 0 Å². The van der Waals surface area contributed by atoms with Gasteiger partial charge < -0.3 is 10.3 Å². The Labute approximate surface area is 201 Å². The van der Waals surface area contributed by atoms with Gasteiger partial charge in [0.25, 0.3) is 5.91 Å². The molecule has 0 aliphatic rings. The van der Waals surface area contributed by atoms with Gasteiger partial charge in [0.1, 0.15) is 5.69 Å². The third kappa shape index (κ3) is 4.58. The Bertz CT molecular complexity index is 1460. The minimum atomic E-state index is -0.228. The van der Waals surface area contributed by atoms with E-state index in [0.717, 1.165) is 45.9 Å². The molecule has 33 heavy (non-hydrogen) atoms. The van der Waals surface area contributed by atoms with Crippen LogP contribution in [0.4, 0.5) is 0 Å². The first kappa shape index (κ1) is 21.5. The van der Waals surface area contributed by atoms with Gasteiger partial charge in [-0.2, -0.15) is 0 Å². The molecular formula is C27H21Cl2N3O. The highest BCUT2D eigenvalue weighted by molar-refractivity contribution is 6.42. The fourth-order valence-electron chi connectivity index (χ4n) is 4.04. The largest absolute Gasteiger partial charge is 0.353 e. The molecule has 0 fully saturated rings. The normalized spacial score (nSPS) is 11.2. The Morgan fingerprint density at radius 2 is 1.61 bits per heavy atom. The summed E-state index contributed by atoms with van der Waals surface area (Å²) in [7, 11) is 0. The molecule has 2 aromatic heterocycles. The molecule has 2 heterocycles. The lowest BCUT2D eigenvalue weighted by Crippen LogP contribution is -2.24. The lowest BCUT2D eigenvalue weighted by Gasteiger charge is -2.09. The highest BCUT2D eigenvalue weighted by Crippen LogP contribution is 2.28. The van der Waals surface area contributed by atoms with Gasteiger partial charge in [-0.25, -0.2) is 4.98 Å². The van der Waals surface area contributed by atoms with E-state index in [1.807, 2.05) is 48.5 Å². The Morgan fingerprint density at radius 1 is 0.818 bits per heavy atom. The van der Waals surface area contributed by atoms with Crippen molar-refractivity contribution < 1.29 is 4.79 Å². The second-order valence-electron chi connectivity index (χ2n) is 7.96. The molecule has 0 radical (unpaired) electrons. The summed E-state index contributed by atoms with van der Waals surface area (Å²) in [6, 6.07) is 25.6. The number of nitrogens with zero attached hydrogens (tertiary/aromatic N) is 1. The molecule has 0 atom stereocenters. The van der Waals surface area contributed by atoms with Crippen molar-refractivity contribution in [2.24, 2.45) is 0 Å². The molecule has 3 aromatic carbocycles. The van der Waals surface area contributed by atoms with Crippen molar-refractivity contribution in [1.82, 2.24) is 15.3 Å². The molecule has 5 aromatic rings. The highest BCUT2D eigenvalue weighted by Gasteiger charge is 2.16. The number of hydrogen-bond acceptors (Lipinski definition) is 2. The second-order valence-corrected chi connectivity index (χ2v) is 8.78. The summed E-state index contributed by atoms with van der Waals surface area (Å²) in [4.78, 5) is 21.3. The van der Waals surface area contributed by atoms with Crippen LogP contribution in [-0.2, 0) is 19.4 Å². The van der Waals surface area contributed by atoms with Gasteiger partial charge in [-0.3, -0.25) is 4.79 Å². The molecule has 4 nitrogen and oxygen atoms in total. The number of carbonyl (C=O) groups excluding carboxylic acids is 1. The maximum absolute atomic E-state index is 13.1. The molecule has 0 spiro atoms. The number of halogens is 2. The summed E-state index contributed by atoms with van der Waals surface area (Å²) >= 11 is 12.1. The summed E-state index contributed by atoms with van der Waals surface area (Å²) in [6.45, 7) is 0.336. The van der Waals surface area contributed by atoms with E-state index < -0.39 is 0 Å². The first-order valence-electron chi connectivity index (χ1n) is 10.7. The number of pyridine rings is 1. The molecule has 0 saturated carbocycles. The first-order valence-corrected chi connectivity index (χ1v) is 11.5. The van der Waals surface area contributed by atoms with Crippen LogP contribution in [0, 0.1) is 0 Å². The van der Waals surface area contributed by atoms with E-state index in [1.165, 1.54) is 5.56 Å². The topological polar surface area (TPSA) is 57.8 Å². The highest BCUT2D eigenvalue weighted by atomic mass is 35.5. The summed E-state index contributed by atoms with van der Waals surface area (Å²) in [5.41, 5.74) is 5.40. The molecule has 5 rings (SSSR count). The van der Waals surface area contributed by atoms with Crippen LogP contribution in [0.1, 0.15) is 27.3 Å². The van der Waals surface area contributed by atoms with Gasteiger partial charge in [-0.05, 0) is 48.2 Å².